The SMILES string of the molecule is CC(C)CC(NC(=O)C(N)CO)C(=O)NC(CCC(N)=O)C(=O)NC(Cc1cnc[nH]1)C(=O)O. The number of nitrogens with zero attached hydrogens (tertiary/aromatic N) is 1. The van der Waals surface area contributed by atoms with Gasteiger partial charge in [-0.2, -0.15) is 0 Å². The van der Waals surface area contributed by atoms with E-state index in [1.807, 2.05) is 13.8 Å². The molecule has 0 aliphatic rings. The van der Waals surface area contributed by atoms with Gasteiger partial charge in [0.1, 0.15) is 24.2 Å². The maximum atomic E-state index is 12.9. The molecule has 0 saturated heterocycles. The summed E-state index contributed by atoms with van der Waals surface area (Å²) < 4.78 is 0. The van der Waals surface area contributed by atoms with Crippen LogP contribution in [0.15, 0.2) is 12.5 Å². The highest BCUT2D eigenvalue weighted by Gasteiger charge is 2.31. The number of hydrogen-bond donors (Lipinski definition) is 8. The largest absolute Gasteiger partial charge is 0.480 e. The Morgan fingerprint density at radius 1 is 1.03 bits per heavy atom. The van der Waals surface area contributed by atoms with Crippen molar-refractivity contribution in [2.75, 3.05) is 6.61 Å². The molecule has 190 valence electrons. The molecule has 0 radical (unpaired) electrons. The first-order valence-corrected chi connectivity index (χ1v) is 10.7. The summed E-state index contributed by atoms with van der Waals surface area (Å²) in [6.45, 7) is 2.99. The van der Waals surface area contributed by atoms with Crippen LogP contribution in [0.4, 0.5) is 0 Å². The number of primary amides is 1. The van der Waals surface area contributed by atoms with Gasteiger partial charge in [0.25, 0.3) is 0 Å². The van der Waals surface area contributed by atoms with Crippen molar-refractivity contribution in [1.29, 1.82) is 0 Å². The van der Waals surface area contributed by atoms with E-state index in [2.05, 4.69) is 25.9 Å². The molecule has 1 rings (SSSR count). The van der Waals surface area contributed by atoms with Crippen molar-refractivity contribution in [1.82, 2.24) is 25.9 Å². The van der Waals surface area contributed by atoms with Gasteiger partial charge in [0.05, 0.1) is 12.9 Å². The number of aromatic nitrogens is 2. The number of nitrogens with two attached hydrogens (primary N) is 2. The molecule has 0 aliphatic carbocycles. The topological polar surface area (TPSA) is 243 Å². The fourth-order valence-electron chi connectivity index (χ4n) is 2.98. The average molecular weight is 484 g/mol. The van der Waals surface area contributed by atoms with Crippen LogP contribution >= 0.6 is 0 Å². The molecule has 1 aromatic heterocycles. The second kappa shape index (κ2) is 13.9. The fourth-order valence-corrected chi connectivity index (χ4v) is 2.98. The van der Waals surface area contributed by atoms with Crippen molar-refractivity contribution < 1.29 is 34.2 Å². The number of imidazole rings is 1. The van der Waals surface area contributed by atoms with Gasteiger partial charge in [0, 0.05) is 24.7 Å². The normalized spacial score (nSPS) is 14.5. The van der Waals surface area contributed by atoms with Gasteiger partial charge in [-0.3, -0.25) is 19.2 Å². The third-order valence-electron chi connectivity index (χ3n) is 4.78. The Hall–Kier alpha value is -3.52. The minimum absolute atomic E-state index is 0.0370. The van der Waals surface area contributed by atoms with Gasteiger partial charge in [0.2, 0.25) is 23.6 Å². The summed E-state index contributed by atoms with van der Waals surface area (Å²) in [5.74, 6) is -4.41. The van der Waals surface area contributed by atoms with E-state index in [1.54, 1.807) is 0 Å². The fraction of sp³-hybridized carbons (Fsp3) is 0.600. The molecular formula is C20H33N7O7. The lowest BCUT2D eigenvalue weighted by molar-refractivity contribution is -0.142. The van der Waals surface area contributed by atoms with Gasteiger partial charge in [-0.05, 0) is 18.8 Å². The van der Waals surface area contributed by atoms with Crippen molar-refractivity contribution in [2.24, 2.45) is 17.4 Å². The molecule has 0 bridgehead atoms. The monoisotopic (exact) mass is 483 g/mol. The Balaban J connectivity index is 3.00. The Labute approximate surface area is 196 Å². The van der Waals surface area contributed by atoms with E-state index in [-0.39, 0.29) is 31.6 Å². The van der Waals surface area contributed by atoms with Gasteiger partial charge < -0.3 is 42.6 Å². The molecule has 0 fully saturated rings. The first-order valence-electron chi connectivity index (χ1n) is 10.7. The van der Waals surface area contributed by atoms with Crippen molar-refractivity contribution >= 4 is 29.6 Å². The second-order valence-corrected chi connectivity index (χ2v) is 8.23. The number of aliphatic hydroxyl groups is 1. The van der Waals surface area contributed by atoms with E-state index in [9.17, 15) is 29.1 Å². The smallest absolute Gasteiger partial charge is 0.326 e. The maximum Gasteiger partial charge on any atom is 0.326 e. The molecule has 0 spiro atoms. The molecule has 0 aliphatic heterocycles. The molecule has 10 N–H and O–H groups in total. The molecule has 4 atom stereocenters. The zero-order valence-electron chi connectivity index (χ0n) is 19.1. The first kappa shape index (κ1) is 28.5. The van der Waals surface area contributed by atoms with Crippen LogP contribution in [0.5, 0.6) is 0 Å². The number of carboxylic acid groups (broad SMARTS) is 1. The number of aromatic amines is 1. The molecule has 14 nitrogen and oxygen atoms in total. The minimum atomic E-state index is -1.34. The quantitative estimate of drug-likeness (QED) is 0.127. The lowest BCUT2D eigenvalue weighted by Gasteiger charge is -2.25. The number of nitrogens with one attached hydrogen (secondary N) is 4. The Kier molecular flexibility index (Phi) is 11.7. The van der Waals surface area contributed by atoms with Crippen LogP contribution in [0.25, 0.3) is 0 Å². The molecule has 1 heterocycles. The number of hydrogen-bond acceptors (Lipinski definition) is 8. The van der Waals surface area contributed by atoms with Crippen LogP contribution in [-0.4, -0.2) is 80.6 Å². The highest BCUT2D eigenvalue weighted by atomic mass is 16.4. The van der Waals surface area contributed by atoms with Crippen LogP contribution in [-0.2, 0) is 30.4 Å². The summed E-state index contributed by atoms with van der Waals surface area (Å²) in [7, 11) is 0. The third kappa shape index (κ3) is 9.95. The average Bonchev–Trinajstić information content (AvgIpc) is 3.27. The van der Waals surface area contributed by atoms with E-state index < -0.39 is 60.4 Å². The number of aliphatic hydroxyl groups excluding tert-OH is 1. The summed E-state index contributed by atoms with van der Waals surface area (Å²) >= 11 is 0. The molecular weight excluding hydrogens is 450 g/mol. The molecule has 1 aromatic rings. The van der Waals surface area contributed by atoms with E-state index in [4.69, 9.17) is 16.6 Å². The van der Waals surface area contributed by atoms with Crippen molar-refractivity contribution in [2.45, 2.75) is 63.7 Å². The summed E-state index contributed by atoms with van der Waals surface area (Å²) in [6, 6.07) is -4.97. The van der Waals surface area contributed by atoms with Crippen LogP contribution in [0.2, 0.25) is 0 Å². The number of carboxylic acids is 1. The predicted molar refractivity (Wildman–Crippen MR) is 119 cm³/mol. The van der Waals surface area contributed by atoms with E-state index >= 15 is 0 Å². The zero-order valence-corrected chi connectivity index (χ0v) is 19.1. The molecule has 4 unspecified atom stereocenters. The second-order valence-electron chi connectivity index (χ2n) is 8.23. The highest BCUT2D eigenvalue weighted by Crippen LogP contribution is 2.08. The van der Waals surface area contributed by atoms with Crippen molar-refractivity contribution in [3.63, 3.8) is 0 Å². The lowest BCUT2D eigenvalue weighted by atomic mass is 10.0. The highest BCUT2D eigenvalue weighted by molar-refractivity contribution is 5.94. The van der Waals surface area contributed by atoms with Crippen LogP contribution in [0.3, 0.4) is 0 Å². The van der Waals surface area contributed by atoms with Gasteiger partial charge in [0.15, 0.2) is 0 Å². The van der Waals surface area contributed by atoms with Crippen LogP contribution < -0.4 is 27.4 Å². The number of amides is 4. The summed E-state index contributed by atoms with van der Waals surface area (Å²) in [6.07, 6.45) is 2.41. The van der Waals surface area contributed by atoms with E-state index in [1.165, 1.54) is 12.5 Å². The van der Waals surface area contributed by atoms with Gasteiger partial charge in [-0.25, -0.2) is 9.78 Å². The van der Waals surface area contributed by atoms with E-state index in [0.29, 0.717) is 5.69 Å². The molecule has 34 heavy (non-hydrogen) atoms. The number of carbonyl (C=O) groups excluding carboxylic acids is 4. The maximum absolute atomic E-state index is 12.9. The van der Waals surface area contributed by atoms with Gasteiger partial charge in [-0.15, -0.1) is 0 Å². The summed E-state index contributed by atoms with van der Waals surface area (Å²) in [5, 5.41) is 25.8. The lowest BCUT2D eigenvalue weighted by Crippen LogP contribution is -2.58. The Morgan fingerprint density at radius 3 is 2.12 bits per heavy atom. The van der Waals surface area contributed by atoms with Crippen LogP contribution in [0.1, 0.15) is 38.8 Å². The Bertz CT molecular complexity index is 844. The summed E-state index contributed by atoms with van der Waals surface area (Å²) in [4.78, 5) is 67.3. The molecule has 0 aromatic carbocycles. The van der Waals surface area contributed by atoms with Crippen LogP contribution in [0, 0.1) is 5.92 Å². The number of aliphatic carboxylic acids is 1. The van der Waals surface area contributed by atoms with Crippen molar-refractivity contribution in [3.05, 3.63) is 18.2 Å². The molecule has 4 amide bonds. The zero-order chi connectivity index (χ0) is 25.8. The molecule has 14 heteroatoms. The standard InChI is InChI=1S/C20H33N7O7/c1-10(2)5-14(26-17(30)12(21)8-28)19(32)25-13(3-4-16(22)29)18(31)27-15(20(33)34)6-11-7-23-9-24-11/h7,9-10,12-15,28H,3-6,8,21H2,1-2H3,(H2,22,29)(H,23,24)(H,25,32)(H,26,30)(H,27,31)(H,33,34). The minimum Gasteiger partial charge on any atom is -0.480 e. The summed E-state index contributed by atoms with van der Waals surface area (Å²) in [5.41, 5.74) is 11.1. The number of carbonyl (C=O) groups is 5. The number of rotatable bonds is 15. The molecule has 0 saturated carbocycles. The van der Waals surface area contributed by atoms with E-state index in [0.717, 1.165) is 0 Å². The third-order valence-corrected chi connectivity index (χ3v) is 4.78. The predicted octanol–water partition coefficient (Wildman–Crippen LogP) is -2.88. The van der Waals surface area contributed by atoms with Gasteiger partial charge >= 0.3 is 5.97 Å². The Morgan fingerprint density at radius 2 is 1.62 bits per heavy atom. The first-order chi connectivity index (χ1) is 15.9. The van der Waals surface area contributed by atoms with Gasteiger partial charge in [-0.1, -0.05) is 13.8 Å². The number of H-pyrrole nitrogens is 1. The van der Waals surface area contributed by atoms with Crippen molar-refractivity contribution in [3.8, 4) is 0 Å².